The van der Waals surface area contributed by atoms with E-state index < -0.39 is 0 Å². The van der Waals surface area contributed by atoms with Crippen LogP contribution in [0.1, 0.15) is 58.9 Å². The van der Waals surface area contributed by atoms with Gasteiger partial charge >= 0.3 is 0 Å². The summed E-state index contributed by atoms with van der Waals surface area (Å²) in [6.45, 7) is 11.7. The van der Waals surface area contributed by atoms with Crippen LogP contribution in [-0.2, 0) is 5.41 Å². The summed E-state index contributed by atoms with van der Waals surface area (Å²) < 4.78 is 0. The monoisotopic (exact) mass is 289 g/mol. The van der Waals surface area contributed by atoms with Gasteiger partial charge in [0.25, 0.3) is 0 Å². The Balaban J connectivity index is 2.06. The van der Waals surface area contributed by atoms with Gasteiger partial charge in [0.05, 0.1) is 0 Å². The molecule has 0 aliphatic carbocycles. The van der Waals surface area contributed by atoms with E-state index in [2.05, 4.69) is 38.7 Å². The van der Waals surface area contributed by atoms with Crippen molar-refractivity contribution < 1.29 is 5.11 Å². The molecule has 118 valence electrons. The molecule has 1 N–H and O–H groups in total. The molecule has 0 spiro atoms. The van der Waals surface area contributed by atoms with Crippen molar-refractivity contribution in [3.05, 3.63) is 29.8 Å². The molecule has 0 radical (unpaired) electrons. The molecule has 1 heterocycles. The van der Waals surface area contributed by atoms with Crippen LogP contribution in [0.2, 0.25) is 0 Å². The van der Waals surface area contributed by atoms with Crippen molar-refractivity contribution in [2.75, 3.05) is 13.1 Å². The van der Waals surface area contributed by atoms with Crippen LogP contribution in [0.25, 0.3) is 0 Å². The third-order valence-corrected chi connectivity index (χ3v) is 5.62. The van der Waals surface area contributed by atoms with Crippen molar-refractivity contribution >= 4 is 0 Å². The van der Waals surface area contributed by atoms with Gasteiger partial charge < -0.3 is 10.0 Å². The van der Waals surface area contributed by atoms with Gasteiger partial charge in [-0.25, -0.2) is 0 Å². The first kappa shape index (κ1) is 16.4. The van der Waals surface area contributed by atoms with E-state index in [9.17, 15) is 5.11 Å². The minimum Gasteiger partial charge on any atom is -0.508 e. The molecule has 0 bridgehead atoms. The van der Waals surface area contributed by atoms with E-state index in [0.29, 0.717) is 17.7 Å². The summed E-state index contributed by atoms with van der Waals surface area (Å²) in [6, 6.07) is 8.55. The smallest absolute Gasteiger partial charge is 0.115 e. The van der Waals surface area contributed by atoms with Crippen molar-refractivity contribution in [3.8, 4) is 5.75 Å². The zero-order valence-corrected chi connectivity index (χ0v) is 14.1. The number of hydrogen-bond acceptors (Lipinski definition) is 2. The molecule has 1 fully saturated rings. The maximum atomic E-state index is 9.77. The van der Waals surface area contributed by atoms with E-state index >= 15 is 0 Å². The minimum atomic E-state index is 0.180. The fourth-order valence-corrected chi connectivity index (χ4v) is 3.64. The van der Waals surface area contributed by atoms with Gasteiger partial charge in [0.15, 0.2) is 0 Å². The highest BCUT2D eigenvalue weighted by molar-refractivity contribution is 5.33. The summed E-state index contributed by atoms with van der Waals surface area (Å²) in [6.07, 6.45) is 5.10. The normalized spacial score (nSPS) is 28.5. The molecule has 2 heteroatoms. The Kier molecular flexibility index (Phi) is 5.32. The number of benzene rings is 1. The number of phenols is 1. The van der Waals surface area contributed by atoms with Gasteiger partial charge in [-0.3, -0.25) is 0 Å². The molecule has 3 unspecified atom stereocenters. The second kappa shape index (κ2) is 6.83. The van der Waals surface area contributed by atoms with Gasteiger partial charge in [0.1, 0.15) is 5.75 Å². The highest BCUT2D eigenvalue weighted by atomic mass is 16.3. The van der Waals surface area contributed by atoms with Gasteiger partial charge in [-0.15, -0.1) is 0 Å². The van der Waals surface area contributed by atoms with Gasteiger partial charge in [0.2, 0.25) is 0 Å². The van der Waals surface area contributed by atoms with E-state index in [-0.39, 0.29) is 5.41 Å². The number of hydrogen-bond donors (Lipinski definition) is 1. The lowest BCUT2D eigenvalue weighted by Crippen LogP contribution is -2.50. The average Bonchev–Trinajstić information content (AvgIpc) is 2.47. The molecular formula is C19H31NO. The van der Waals surface area contributed by atoms with E-state index in [1.54, 1.807) is 6.07 Å². The van der Waals surface area contributed by atoms with E-state index in [1.165, 1.54) is 37.8 Å². The zero-order chi connectivity index (χ0) is 15.5. The first-order valence-corrected chi connectivity index (χ1v) is 8.51. The highest BCUT2D eigenvalue weighted by Gasteiger charge is 2.38. The van der Waals surface area contributed by atoms with E-state index in [1.807, 2.05) is 12.1 Å². The molecule has 21 heavy (non-hydrogen) atoms. The van der Waals surface area contributed by atoms with Crippen LogP contribution in [-0.4, -0.2) is 29.1 Å². The molecular weight excluding hydrogens is 258 g/mol. The molecule has 0 amide bonds. The van der Waals surface area contributed by atoms with Crippen molar-refractivity contribution in [1.82, 2.24) is 4.90 Å². The van der Waals surface area contributed by atoms with Gasteiger partial charge in [-0.05, 0) is 55.3 Å². The maximum Gasteiger partial charge on any atom is 0.115 e. The van der Waals surface area contributed by atoms with Gasteiger partial charge in [-0.2, -0.15) is 0 Å². The number of phenolic OH excluding ortho intramolecular Hbond substituents is 1. The number of aromatic hydroxyl groups is 1. The van der Waals surface area contributed by atoms with Crippen molar-refractivity contribution in [3.63, 3.8) is 0 Å². The predicted molar refractivity (Wildman–Crippen MR) is 89.8 cm³/mol. The highest BCUT2D eigenvalue weighted by Crippen LogP contribution is 2.40. The minimum absolute atomic E-state index is 0.180. The molecule has 1 aliphatic rings. The molecule has 1 aromatic carbocycles. The SMILES string of the molecule is CCCCC(C)N1CCC(C)(c2cccc(O)c2)C(C)C1. The summed E-state index contributed by atoms with van der Waals surface area (Å²) in [5.41, 5.74) is 1.47. The topological polar surface area (TPSA) is 23.5 Å². The third-order valence-electron chi connectivity index (χ3n) is 5.62. The van der Waals surface area contributed by atoms with Gasteiger partial charge in [0, 0.05) is 12.6 Å². The van der Waals surface area contributed by atoms with Crippen LogP contribution in [0.15, 0.2) is 24.3 Å². The number of nitrogens with zero attached hydrogens (tertiary/aromatic N) is 1. The molecule has 1 saturated heterocycles. The average molecular weight is 289 g/mol. The lowest BCUT2D eigenvalue weighted by Gasteiger charge is -2.47. The lowest BCUT2D eigenvalue weighted by atomic mass is 9.68. The van der Waals surface area contributed by atoms with Crippen LogP contribution in [0, 0.1) is 5.92 Å². The first-order chi connectivity index (χ1) is 9.97. The van der Waals surface area contributed by atoms with Crippen LogP contribution in [0.5, 0.6) is 5.75 Å². The first-order valence-electron chi connectivity index (χ1n) is 8.51. The molecule has 1 aliphatic heterocycles. The Morgan fingerprint density at radius 2 is 2.19 bits per heavy atom. The number of rotatable bonds is 5. The Labute approximate surface area is 130 Å². The summed E-state index contributed by atoms with van der Waals surface area (Å²) in [5, 5.41) is 9.77. The second-order valence-corrected chi connectivity index (χ2v) is 7.11. The fourth-order valence-electron chi connectivity index (χ4n) is 3.64. The standard InChI is InChI=1S/C19H31NO/c1-5-6-8-16(3)20-12-11-19(4,15(2)14-20)17-9-7-10-18(21)13-17/h7,9-10,13,15-16,21H,5-6,8,11-12,14H2,1-4H3. The van der Waals surface area contributed by atoms with Crippen molar-refractivity contribution in [1.29, 1.82) is 0 Å². The predicted octanol–water partition coefficient (Wildman–Crippen LogP) is 4.57. The lowest BCUT2D eigenvalue weighted by molar-refractivity contribution is 0.0768. The third kappa shape index (κ3) is 3.60. The van der Waals surface area contributed by atoms with Crippen LogP contribution >= 0.6 is 0 Å². The van der Waals surface area contributed by atoms with Crippen LogP contribution in [0.4, 0.5) is 0 Å². The van der Waals surface area contributed by atoms with Gasteiger partial charge in [-0.1, -0.05) is 45.7 Å². The molecule has 0 saturated carbocycles. The summed E-state index contributed by atoms with van der Waals surface area (Å²) in [7, 11) is 0. The quantitative estimate of drug-likeness (QED) is 0.858. The number of piperidine rings is 1. The number of unbranched alkanes of at least 4 members (excludes halogenated alkanes) is 1. The molecule has 2 rings (SSSR count). The maximum absolute atomic E-state index is 9.77. The van der Waals surface area contributed by atoms with E-state index in [4.69, 9.17) is 0 Å². The van der Waals surface area contributed by atoms with Crippen molar-refractivity contribution in [2.45, 2.75) is 64.8 Å². The molecule has 2 nitrogen and oxygen atoms in total. The molecule has 3 atom stereocenters. The van der Waals surface area contributed by atoms with Crippen LogP contribution in [0.3, 0.4) is 0 Å². The fraction of sp³-hybridized carbons (Fsp3) is 0.684. The molecule has 1 aromatic rings. The summed E-state index contributed by atoms with van der Waals surface area (Å²) >= 11 is 0. The summed E-state index contributed by atoms with van der Waals surface area (Å²) in [4.78, 5) is 2.66. The number of likely N-dealkylation sites (tertiary alicyclic amines) is 1. The zero-order valence-electron chi connectivity index (χ0n) is 14.1. The Morgan fingerprint density at radius 1 is 1.43 bits per heavy atom. The van der Waals surface area contributed by atoms with Crippen LogP contribution < -0.4 is 0 Å². The molecule has 0 aromatic heterocycles. The Hall–Kier alpha value is -1.02. The van der Waals surface area contributed by atoms with E-state index in [0.717, 1.165) is 6.54 Å². The van der Waals surface area contributed by atoms with Crippen molar-refractivity contribution in [2.24, 2.45) is 5.92 Å². The summed E-state index contributed by atoms with van der Waals surface area (Å²) in [5.74, 6) is 0.997. The Bertz CT molecular complexity index is 459. The Morgan fingerprint density at radius 3 is 2.81 bits per heavy atom. The second-order valence-electron chi connectivity index (χ2n) is 7.11. The largest absolute Gasteiger partial charge is 0.508 e.